The second-order valence-corrected chi connectivity index (χ2v) is 5.06. The van der Waals surface area contributed by atoms with E-state index in [9.17, 15) is 0 Å². The van der Waals surface area contributed by atoms with Crippen molar-refractivity contribution in [3.8, 4) is 5.95 Å². The average molecular weight is 273 g/mol. The molecule has 7 nitrogen and oxygen atoms in total. The van der Waals surface area contributed by atoms with Gasteiger partial charge in [0, 0.05) is 32.5 Å². The highest BCUT2D eigenvalue weighted by atomic mass is 15.4. The van der Waals surface area contributed by atoms with Gasteiger partial charge >= 0.3 is 0 Å². The molecular formula is C13H19N7. The van der Waals surface area contributed by atoms with Crippen LogP contribution in [0.5, 0.6) is 0 Å². The Morgan fingerprint density at radius 2 is 2.20 bits per heavy atom. The second kappa shape index (κ2) is 5.44. The fourth-order valence-corrected chi connectivity index (χ4v) is 2.02. The van der Waals surface area contributed by atoms with Crippen LogP contribution in [0.1, 0.15) is 19.8 Å². The molecule has 0 spiro atoms. The summed E-state index contributed by atoms with van der Waals surface area (Å²) in [7, 11) is 2.02. The number of hydrogen-bond donors (Lipinski definition) is 1. The van der Waals surface area contributed by atoms with Gasteiger partial charge in [-0.05, 0) is 31.7 Å². The smallest absolute Gasteiger partial charge is 0.257 e. The lowest BCUT2D eigenvalue weighted by atomic mass is 10.4. The Labute approximate surface area is 118 Å². The Balaban J connectivity index is 1.91. The molecule has 106 valence electrons. The molecule has 0 atom stereocenters. The minimum Gasteiger partial charge on any atom is -0.354 e. The second-order valence-electron chi connectivity index (χ2n) is 5.06. The molecule has 1 N–H and O–H groups in total. The number of nitrogens with one attached hydrogen (secondary N) is 1. The van der Waals surface area contributed by atoms with E-state index in [1.165, 1.54) is 12.8 Å². The lowest BCUT2D eigenvalue weighted by Crippen LogP contribution is -2.24. The van der Waals surface area contributed by atoms with Crippen molar-refractivity contribution in [2.45, 2.75) is 19.8 Å². The fraction of sp³-hybridized carbons (Fsp3) is 0.538. The first-order valence-electron chi connectivity index (χ1n) is 6.97. The predicted octanol–water partition coefficient (Wildman–Crippen LogP) is 1.34. The van der Waals surface area contributed by atoms with Crippen molar-refractivity contribution in [1.29, 1.82) is 0 Å². The number of hydrogen-bond acceptors (Lipinski definition) is 6. The van der Waals surface area contributed by atoms with E-state index in [0.717, 1.165) is 19.0 Å². The predicted molar refractivity (Wildman–Crippen MR) is 77.1 cm³/mol. The molecule has 1 saturated carbocycles. The van der Waals surface area contributed by atoms with Gasteiger partial charge in [-0.15, -0.1) is 0 Å². The van der Waals surface area contributed by atoms with Gasteiger partial charge in [0.15, 0.2) is 0 Å². The van der Waals surface area contributed by atoms with Crippen LogP contribution in [0, 0.1) is 5.92 Å². The third kappa shape index (κ3) is 2.87. The lowest BCUT2D eigenvalue weighted by Gasteiger charge is -2.17. The largest absolute Gasteiger partial charge is 0.354 e. The molecule has 0 saturated heterocycles. The highest BCUT2D eigenvalue weighted by molar-refractivity contribution is 5.39. The van der Waals surface area contributed by atoms with Gasteiger partial charge in [0.05, 0.1) is 0 Å². The summed E-state index contributed by atoms with van der Waals surface area (Å²) in [5.41, 5.74) is 0. The molecule has 0 aromatic carbocycles. The van der Waals surface area contributed by atoms with Crippen LogP contribution in [0.15, 0.2) is 18.5 Å². The van der Waals surface area contributed by atoms with E-state index in [1.54, 1.807) is 10.9 Å². The van der Waals surface area contributed by atoms with Crippen molar-refractivity contribution in [2.24, 2.45) is 5.92 Å². The zero-order valence-corrected chi connectivity index (χ0v) is 11.8. The molecule has 0 amide bonds. The minimum atomic E-state index is 0.540. The van der Waals surface area contributed by atoms with Crippen LogP contribution in [-0.2, 0) is 0 Å². The summed E-state index contributed by atoms with van der Waals surface area (Å²) in [4.78, 5) is 15.4. The molecule has 0 radical (unpaired) electrons. The third-order valence-electron chi connectivity index (χ3n) is 3.23. The van der Waals surface area contributed by atoms with Crippen LogP contribution in [-0.4, -0.2) is 44.9 Å². The average Bonchev–Trinajstić information content (AvgIpc) is 3.08. The van der Waals surface area contributed by atoms with E-state index in [0.29, 0.717) is 17.8 Å². The maximum absolute atomic E-state index is 4.50. The standard InChI is InChI=1S/C13H19N7/c1-3-14-11-16-12(19(2)9-10-5-6-10)18-13(17-11)20-8-4-7-15-20/h4,7-8,10H,3,5-6,9H2,1-2H3,(H,14,16,17,18). The van der Waals surface area contributed by atoms with E-state index in [-0.39, 0.29) is 0 Å². The van der Waals surface area contributed by atoms with Gasteiger partial charge in [-0.3, -0.25) is 0 Å². The summed E-state index contributed by atoms with van der Waals surface area (Å²) in [5, 5.41) is 7.32. The fourth-order valence-electron chi connectivity index (χ4n) is 2.02. The molecule has 2 aromatic heterocycles. The molecule has 1 aliphatic rings. The molecule has 2 aromatic rings. The molecule has 2 heterocycles. The summed E-state index contributed by atoms with van der Waals surface area (Å²) in [5.74, 6) is 2.60. The van der Waals surface area contributed by atoms with Crippen LogP contribution in [0.3, 0.4) is 0 Å². The molecule has 3 rings (SSSR count). The summed E-state index contributed by atoms with van der Waals surface area (Å²) in [6.07, 6.45) is 6.16. The van der Waals surface area contributed by atoms with E-state index in [4.69, 9.17) is 0 Å². The summed E-state index contributed by atoms with van der Waals surface area (Å²) >= 11 is 0. The van der Waals surface area contributed by atoms with Gasteiger partial charge in [-0.2, -0.15) is 20.1 Å². The van der Waals surface area contributed by atoms with Crippen molar-refractivity contribution >= 4 is 11.9 Å². The van der Waals surface area contributed by atoms with Crippen molar-refractivity contribution in [3.05, 3.63) is 18.5 Å². The van der Waals surface area contributed by atoms with Gasteiger partial charge in [0.1, 0.15) is 0 Å². The van der Waals surface area contributed by atoms with E-state index in [1.807, 2.05) is 26.2 Å². The summed E-state index contributed by atoms with van der Waals surface area (Å²) in [6.45, 7) is 3.79. The maximum atomic E-state index is 4.50. The number of rotatable bonds is 6. The summed E-state index contributed by atoms with van der Waals surface area (Å²) < 4.78 is 1.65. The number of aromatic nitrogens is 5. The van der Waals surface area contributed by atoms with Crippen molar-refractivity contribution in [2.75, 3.05) is 30.4 Å². The first-order chi connectivity index (χ1) is 9.76. The Morgan fingerprint density at radius 1 is 1.35 bits per heavy atom. The van der Waals surface area contributed by atoms with Crippen LogP contribution >= 0.6 is 0 Å². The minimum absolute atomic E-state index is 0.540. The van der Waals surface area contributed by atoms with Gasteiger partial charge in [-0.25, -0.2) is 4.68 Å². The summed E-state index contributed by atoms with van der Waals surface area (Å²) in [6, 6.07) is 1.85. The monoisotopic (exact) mass is 273 g/mol. The SMILES string of the molecule is CCNc1nc(N(C)CC2CC2)nc(-n2cccn2)n1. The number of nitrogens with zero attached hydrogens (tertiary/aromatic N) is 6. The van der Waals surface area contributed by atoms with Gasteiger partial charge < -0.3 is 10.2 Å². The van der Waals surface area contributed by atoms with Crippen molar-refractivity contribution < 1.29 is 0 Å². The van der Waals surface area contributed by atoms with Gasteiger partial charge in [-0.1, -0.05) is 0 Å². The molecule has 20 heavy (non-hydrogen) atoms. The van der Waals surface area contributed by atoms with Crippen LogP contribution in [0.2, 0.25) is 0 Å². The molecule has 1 fully saturated rings. The van der Waals surface area contributed by atoms with Crippen LogP contribution in [0.25, 0.3) is 5.95 Å². The first kappa shape index (κ1) is 12.8. The molecule has 0 bridgehead atoms. The lowest BCUT2D eigenvalue weighted by molar-refractivity contribution is 0.740. The topological polar surface area (TPSA) is 71.8 Å². The van der Waals surface area contributed by atoms with Crippen LogP contribution in [0.4, 0.5) is 11.9 Å². The third-order valence-corrected chi connectivity index (χ3v) is 3.23. The van der Waals surface area contributed by atoms with Crippen molar-refractivity contribution in [1.82, 2.24) is 24.7 Å². The first-order valence-corrected chi connectivity index (χ1v) is 6.97. The zero-order valence-electron chi connectivity index (χ0n) is 11.8. The van der Waals surface area contributed by atoms with Crippen LogP contribution < -0.4 is 10.2 Å². The Bertz CT molecular complexity index is 562. The molecular weight excluding hydrogens is 254 g/mol. The molecule has 0 aliphatic heterocycles. The zero-order chi connectivity index (χ0) is 13.9. The van der Waals surface area contributed by atoms with Gasteiger partial charge in [0.25, 0.3) is 5.95 Å². The maximum Gasteiger partial charge on any atom is 0.257 e. The van der Waals surface area contributed by atoms with E-state index < -0.39 is 0 Å². The molecule has 1 aliphatic carbocycles. The Morgan fingerprint density at radius 3 is 2.85 bits per heavy atom. The van der Waals surface area contributed by atoms with E-state index >= 15 is 0 Å². The molecule has 0 unspecified atom stereocenters. The highest BCUT2D eigenvalue weighted by Crippen LogP contribution is 2.30. The van der Waals surface area contributed by atoms with Crippen molar-refractivity contribution in [3.63, 3.8) is 0 Å². The Kier molecular flexibility index (Phi) is 3.49. The van der Waals surface area contributed by atoms with Gasteiger partial charge in [0.2, 0.25) is 11.9 Å². The number of anilines is 2. The van der Waals surface area contributed by atoms with E-state index in [2.05, 4.69) is 30.3 Å². The molecule has 7 heteroatoms. The highest BCUT2D eigenvalue weighted by Gasteiger charge is 2.24. The normalized spacial score (nSPS) is 14.3. The quantitative estimate of drug-likeness (QED) is 0.856. The Hall–Kier alpha value is -2.18.